The number of rotatable bonds is 5. The largest absolute Gasteiger partial charge is 0.355 e. The summed E-state index contributed by atoms with van der Waals surface area (Å²) in [6.07, 6.45) is 3.80. The van der Waals surface area contributed by atoms with Crippen molar-refractivity contribution in [3.63, 3.8) is 0 Å². The molecule has 1 aromatic heterocycles. The van der Waals surface area contributed by atoms with Crippen molar-refractivity contribution in [2.75, 3.05) is 25.0 Å². The van der Waals surface area contributed by atoms with E-state index < -0.39 is 0 Å². The van der Waals surface area contributed by atoms with E-state index >= 15 is 0 Å². The second-order valence-corrected chi connectivity index (χ2v) is 8.61. The molecule has 5 heteroatoms. The molecule has 1 fully saturated rings. The van der Waals surface area contributed by atoms with Gasteiger partial charge >= 0.3 is 0 Å². The Kier molecular flexibility index (Phi) is 6.31. The first-order valence-corrected chi connectivity index (χ1v) is 11.0. The van der Waals surface area contributed by atoms with Crippen LogP contribution in [-0.2, 0) is 6.54 Å². The van der Waals surface area contributed by atoms with Crippen molar-refractivity contribution in [1.29, 1.82) is 0 Å². The molecule has 1 saturated heterocycles. The van der Waals surface area contributed by atoms with Crippen molar-refractivity contribution in [2.45, 2.75) is 33.2 Å². The summed E-state index contributed by atoms with van der Waals surface area (Å²) in [4.78, 5) is 26.8. The van der Waals surface area contributed by atoms with Crippen LogP contribution in [-0.4, -0.2) is 40.9 Å². The molecule has 2 heterocycles. The molecule has 0 saturated carbocycles. The molecule has 5 nitrogen and oxygen atoms in total. The fraction of sp³-hybridized carbons (Fsp3) is 0.346. The predicted molar refractivity (Wildman–Crippen MR) is 125 cm³/mol. The Balaban J connectivity index is 1.69. The lowest BCUT2D eigenvalue weighted by molar-refractivity contribution is 0.0697. The van der Waals surface area contributed by atoms with Gasteiger partial charge in [0.15, 0.2) is 5.82 Å². The van der Waals surface area contributed by atoms with Crippen LogP contribution in [0.15, 0.2) is 60.8 Å². The number of hydrogen-bond donors (Lipinski definition) is 0. The van der Waals surface area contributed by atoms with Crippen LogP contribution >= 0.6 is 0 Å². The van der Waals surface area contributed by atoms with Crippen molar-refractivity contribution in [3.05, 3.63) is 77.5 Å². The van der Waals surface area contributed by atoms with E-state index in [4.69, 9.17) is 4.98 Å². The van der Waals surface area contributed by atoms with Gasteiger partial charge in [0.25, 0.3) is 5.91 Å². The van der Waals surface area contributed by atoms with Crippen molar-refractivity contribution in [1.82, 2.24) is 14.9 Å². The average Bonchev–Trinajstić information content (AvgIpc) is 2.80. The Hall–Kier alpha value is -3.21. The molecule has 1 amide bonds. The van der Waals surface area contributed by atoms with Crippen molar-refractivity contribution in [2.24, 2.45) is 5.92 Å². The van der Waals surface area contributed by atoms with Crippen LogP contribution in [0.2, 0.25) is 0 Å². The number of carbonyl (C=O) groups excluding carboxylic acids is 1. The molecule has 2 aromatic carbocycles. The highest BCUT2D eigenvalue weighted by Gasteiger charge is 2.26. The molecule has 0 radical (unpaired) electrons. The van der Waals surface area contributed by atoms with Gasteiger partial charge in [0.1, 0.15) is 11.4 Å². The summed E-state index contributed by atoms with van der Waals surface area (Å²) in [7, 11) is 1.99. The second-order valence-electron chi connectivity index (χ2n) is 8.61. The standard InChI is InChI=1S/C26H30N4O/c1-19-9-11-22(12-10-19)24-27-17-23(26(31)30-15-13-20(2)14-16-30)25(28-24)29(3)18-21-7-5-4-6-8-21/h4-12,17,20H,13-16,18H2,1-3H3. The number of piperidine rings is 1. The van der Waals surface area contributed by atoms with E-state index in [1.54, 1.807) is 6.20 Å². The summed E-state index contributed by atoms with van der Waals surface area (Å²) in [6.45, 7) is 6.57. The fourth-order valence-corrected chi connectivity index (χ4v) is 3.97. The van der Waals surface area contributed by atoms with E-state index in [-0.39, 0.29) is 5.91 Å². The number of anilines is 1. The monoisotopic (exact) mass is 414 g/mol. The molecular formula is C26H30N4O. The molecule has 0 aliphatic carbocycles. The highest BCUT2D eigenvalue weighted by Crippen LogP contribution is 2.26. The quantitative estimate of drug-likeness (QED) is 0.592. The number of nitrogens with zero attached hydrogens (tertiary/aromatic N) is 4. The highest BCUT2D eigenvalue weighted by molar-refractivity contribution is 5.99. The first-order chi connectivity index (χ1) is 15.0. The molecule has 160 valence electrons. The Labute approximate surface area is 184 Å². The second kappa shape index (κ2) is 9.29. The number of hydrogen-bond acceptors (Lipinski definition) is 4. The summed E-state index contributed by atoms with van der Waals surface area (Å²) >= 11 is 0. The molecule has 0 unspecified atom stereocenters. The number of likely N-dealkylation sites (tertiary alicyclic amines) is 1. The van der Waals surface area contributed by atoms with Crippen molar-refractivity contribution >= 4 is 11.7 Å². The van der Waals surface area contributed by atoms with E-state index in [1.807, 2.05) is 42.3 Å². The van der Waals surface area contributed by atoms with E-state index in [9.17, 15) is 4.79 Å². The van der Waals surface area contributed by atoms with Crippen LogP contribution in [0.3, 0.4) is 0 Å². The molecule has 1 aliphatic rings. The average molecular weight is 415 g/mol. The number of benzene rings is 2. The van der Waals surface area contributed by atoms with Gasteiger partial charge in [-0.15, -0.1) is 0 Å². The van der Waals surface area contributed by atoms with Crippen LogP contribution in [0.1, 0.15) is 41.3 Å². The maximum absolute atomic E-state index is 13.4. The fourth-order valence-electron chi connectivity index (χ4n) is 3.97. The first kappa shape index (κ1) is 21.0. The van der Waals surface area contributed by atoms with Gasteiger partial charge in [0, 0.05) is 38.4 Å². The molecule has 1 aliphatic heterocycles. The van der Waals surface area contributed by atoms with Gasteiger partial charge in [-0.1, -0.05) is 67.1 Å². The summed E-state index contributed by atoms with van der Waals surface area (Å²) in [5, 5.41) is 0. The minimum Gasteiger partial charge on any atom is -0.355 e. The Bertz CT molecular complexity index is 1030. The Morgan fingerprint density at radius 1 is 1.06 bits per heavy atom. The van der Waals surface area contributed by atoms with Crippen LogP contribution in [0.25, 0.3) is 11.4 Å². The summed E-state index contributed by atoms with van der Waals surface area (Å²) in [6, 6.07) is 18.4. The van der Waals surface area contributed by atoms with E-state index in [1.165, 1.54) is 11.1 Å². The maximum Gasteiger partial charge on any atom is 0.259 e. The first-order valence-electron chi connectivity index (χ1n) is 11.0. The molecular weight excluding hydrogens is 384 g/mol. The third-order valence-corrected chi connectivity index (χ3v) is 6.00. The van der Waals surface area contributed by atoms with Gasteiger partial charge in [-0.2, -0.15) is 0 Å². The minimum atomic E-state index is 0.0252. The van der Waals surface area contributed by atoms with Crippen LogP contribution < -0.4 is 4.90 Å². The molecule has 3 aromatic rings. The normalized spacial score (nSPS) is 14.5. The van der Waals surface area contributed by atoms with Gasteiger partial charge in [-0.3, -0.25) is 4.79 Å². The summed E-state index contributed by atoms with van der Waals surface area (Å²) in [5.41, 5.74) is 3.89. The molecule has 31 heavy (non-hydrogen) atoms. The van der Waals surface area contributed by atoms with Crippen LogP contribution in [0.4, 0.5) is 5.82 Å². The van der Waals surface area contributed by atoms with E-state index in [0.29, 0.717) is 29.7 Å². The highest BCUT2D eigenvalue weighted by atomic mass is 16.2. The van der Waals surface area contributed by atoms with E-state index in [0.717, 1.165) is 31.5 Å². The number of amides is 1. The van der Waals surface area contributed by atoms with Gasteiger partial charge in [-0.05, 0) is 31.2 Å². The molecule has 4 rings (SSSR count). The third-order valence-electron chi connectivity index (χ3n) is 6.00. The van der Waals surface area contributed by atoms with Gasteiger partial charge in [0.05, 0.1) is 0 Å². The van der Waals surface area contributed by atoms with Crippen molar-refractivity contribution in [3.8, 4) is 11.4 Å². The smallest absolute Gasteiger partial charge is 0.259 e. The maximum atomic E-state index is 13.4. The van der Waals surface area contributed by atoms with Crippen molar-refractivity contribution < 1.29 is 4.79 Å². The number of carbonyl (C=O) groups is 1. The van der Waals surface area contributed by atoms with Gasteiger partial charge in [-0.25, -0.2) is 9.97 Å². The summed E-state index contributed by atoms with van der Waals surface area (Å²) < 4.78 is 0. The summed E-state index contributed by atoms with van der Waals surface area (Å²) in [5.74, 6) is 2.01. The SMILES string of the molecule is Cc1ccc(-c2ncc(C(=O)N3CCC(C)CC3)c(N(C)Cc3ccccc3)n2)cc1. The lowest BCUT2D eigenvalue weighted by Crippen LogP contribution is -2.38. The van der Waals surface area contributed by atoms with Crippen LogP contribution in [0.5, 0.6) is 0 Å². The molecule has 0 N–H and O–H groups in total. The number of aromatic nitrogens is 2. The Morgan fingerprint density at radius 2 is 1.74 bits per heavy atom. The zero-order valence-corrected chi connectivity index (χ0v) is 18.6. The zero-order chi connectivity index (χ0) is 21.8. The van der Waals surface area contributed by atoms with E-state index in [2.05, 4.69) is 48.0 Å². The Morgan fingerprint density at radius 3 is 2.42 bits per heavy atom. The topological polar surface area (TPSA) is 49.3 Å². The lowest BCUT2D eigenvalue weighted by atomic mass is 9.99. The molecule has 0 bridgehead atoms. The zero-order valence-electron chi connectivity index (χ0n) is 18.6. The number of aryl methyl sites for hydroxylation is 1. The van der Waals surface area contributed by atoms with Crippen LogP contribution in [0, 0.1) is 12.8 Å². The predicted octanol–water partition coefficient (Wildman–Crippen LogP) is 4.96. The van der Waals surface area contributed by atoms with Gasteiger partial charge in [0.2, 0.25) is 0 Å². The molecule has 0 atom stereocenters. The lowest BCUT2D eigenvalue weighted by Gasteiger charge is -2.31. The third kappa shape index (κ3) is 4.93. The van der Waals surface area contributed by atoms with Gasteiger partial charge < -0.3 is 9.80 Å². The molecule has 0 spiro atoms. The minimum absolute atomic E-state index is 0.0252.